The van der Waals surface area contributed by atoms with Gasteiger partial charge in [0.15, 0.2) is 0 Å². The quantitative estimate of drug-likeness (QED) is 0.843. The molecule has 0 spiro atoms. The fourth-order valence-electron chi connectivity index (χ4n) is 1.59. The van der Waals surface area contributed by atoms with E-state index in [0.717, 1.165) is 16.6 Å². The van der Waals surface area contributed by atoms with Crippen molar-refractivity contribution in [3.63, 3.8) is 0 Å². The Morgan fingerprint density at radius 1 is 1.35 bits per heavy atom. The second-order valence-electron chi connectivity index (χ2n) is 4.24. The summed E-state index contributed by atoms with van der Waals surface area (Å²) in [6.07, 6.45) is 0.424. The van der Waals surface area contributed by atoms with Crippen molar-refractivity contribution in [2.45, 2.75) is 13.3 Å². The first-order valence-corrected chi connectivity index (χ1v) is 6.57. The normalized spacial score (nSPS) is 12.2. The highest BCUT2D eigenvalue weighted by Crippen LogP contribution is 2.16. The third-order valence-corrected chi connectivity index (χ3v) is 3.28. The molecule has 94 valence electrons. The molecule has 17 heavy (non-hydrogen) atoms. The van der Waals surface area contributed by atoms with Gasteiger partial charge in [-0.2, -0.15) is 0 Å². The van der Waals surface area contributed by atoms with Gasteiger partial charge < -0.3 is 10.6 Å². The molecule has 1 rings (SSSR count). The van der Waals surface area contributed by atoms with E-state index in [4.69, 9.17) is 0 Å². The van der Waals surface area contributed by atoms with Crippen molar-refractivity contribution in [2.24, 2.45) is 5.92 Å². The van der Waals surface area contributed by atoms with Crippen molar-refractivity contribution in [2.75, 3.05) is 20.1 Å². The van der Waals surface area contributed by atoms with Crippen LogP contribution < -0.4 is 10.6 Å². The number of halogens is 1. The Bertz CT molecular complexity index is 368. The van der Waals surface area contributed by atoms with E-state index in [-0.39, 0.29) is 5.91 Å². The topological polar surface area (TPSA) is 41.1 Å². The smallest absolute Gasteiger partial charge is 0.224 e. The average molecular weight is 299 g/mol. The van der Waals surface area contributed by atoms with E-state index in [1.165, 1.54) is 0 Å². The number of nitrogens with one attached hydrogen (secondary N) is 2. The summed E-state index contributed by atoms with van der Waals surface area (Å²) in [7, 11) is 1.92. The first kappa shape index (κ1) is 14.2. The summed E-state index contributed by atoms with van der Waals surface area (Å²) in [6.45, 7) is 3.73. The van der Waals surface area contributed by atoms with E-state index < -0.39 is 0 Å². The maximum atomic E-state index is 11.7. The van der Waals surface area contributed by atoms with Gasteiger partial charge in [0, 0.05) is 11.0 Å². The van der Waals surface area contributed by atoms with Crippen LogP contribution in [0, 0.1) is 5.92 Å². The van der Waals surface area contributed by atoms with E-state index in [1.54, 1.807) is 0 Å². The fourth-order valence-corrected chi connectivity index (χ4v) is 2.01. The fraction of sp³-hybridized carbons (Fsp3) is 0.462. The Kier molecular flexibility index (Phi) is 6.22. The van der Waals surface area contributed by atoms with Crippen molar-refractivity contribution < 1.29 is 4.79 Å². The minimum Gasteiger partial charge on any atom is -0.355 e. The molecule has 0 bridgehead atoms. The first-order chi connectivity index (χ1) is 8.13. The van der Waals surface area contributed by atoms with Gasteiger partial charge in [-0.15, -0.1) is 0 Å². The van der Waals surface area contributed by atoms with Gasteiger partial charge in [0.1, 0.15) is 0 Å². The lowest BCUT2D eigenvalue weighted by Gasteiger charge is -2.12. The van der Waals surface area contributed by atoms with E-state index in [1.807, 2.05) is 31.3 Å². The van der Waals surface area contributed by atoms with Crippen molar-refractivity contribution >= 4 is 21.8 Å². The zero-order valence-corrected chi connectivity index (χ0v) is 11.9. The number of amides is 1. The van der Waals surface area contributed by atoms with E-state index in [9.17, 15) is 4.79 Å². The number of hydrogen-bond donors (Lipinski definition) is 2. The molecule has 0 fully saturated rings. The first-order valence-electron chi connectivity index (χ1n) is 5.78. The highest BCUT2D eigenvalue weighted by molar-refractivity contribution is 9.10. The molecule has 0 aliphatic heterocycles. The molecular formula is C13H19BrN2O. The van der Waals surface area contributed by atoms with Gasteiger partial charge in [0.05, 0.1) is 6.42 Å². The van der Waals surface area contributed by atoms with Gasteiger partial charge in [-0.1, -0.05) is 41.1 Å². The summed E-state index contributed by atoms with van der Waals surface area (Å²) >= 11 is 3.44. The van der Waals surface area contributed by atoms with Crippen molar-refractivity contribution in [3.05, 3.63) is 34.3 Å². The minimum absolute atomic E-state index is 0.0693. The molecule has 0 aromatic heterocycles. The van der Waals surface area contributed by atoms with Crippen molar-refractivity contribution in [1.82, 2.24) is 10.6 Å². The molecule has 0 saturated carbocycles. The molecule has 0 aliphatic rings. The number of carbonyl (C=O) groups is 1. The molecule has 1 aromatic rings. The lowest BCUT2D eigenvalue weighted by molar-refractivity contribution is -0.120. The average Bonchev–Trinajstić information content (AvgIpc) is 2.30. The van der Waals surface area contributed by atoms with E-state index >= 15 is 0 Å². The molecule has 3 nitrogen and oxygen atoms in total. The summed E-state index contributed by atoms with van der Waals surface area (Å²) in [5, 5.41) is 6.03. The van der Waals surface area contributed by atoms with Crippen molar-refractivity contribution in [3.8, 4) is 0 Å². The van der Waals surface area contributed by atoms with Crippen LogP contribution >= 0.6 is 15.9 Å². The molecule has 0 aliphatic carbocycles. The maximum Gasteiger partial charge on any atom is 0.224 e. The molecule has 1 aromatic carbocycles. The highest BCUT2D eigenvalue weighted by Gasteiger charge is 2.07. The molecule has 1 amide bonds. The molecule has 4 heteroatoms. The number of carbonyl (C=O) groups excluding carboxylic acids is 1. The SMILES string of the molecule is CNC[C@@H](C)CNC(=O)Cc1ccccc1Br. The second kappa shape index (κ2) is 7.45. The molecule has 0 saturated heterocycles. The largest absolute Gasteiger partial charge is 0.355 e. The molecule has 1 atom stereocenters. The predicted octanol–water partition coefficient (Wildman–Crippen LogP) is 1.96. The summed E-state index contributed by atoms with van der Waals surface area (Å²) in [4.78, 5) is 11.7. The minimum atomic E-state index is 0.0693. The van der Waals surface area contributed by atoms with Crippen LogP contribution in [-0.2, 0) is 11.2 Å². The van der Waals surface area contributed by atoms with Crippen LogP contribution in [0.25, 0.3) is 0 Å². The van der Waals surface area contributed by atoms with Gasteiger partial charge in [0.25, 0.3) is 0 Å². The third-order valence-electron chi connectivity index (χ3n) is 2.51. The van der Waals surface area contributed by atoms with Crippen LogP contribution in [0.4, 0.5) is 0 Å². The zero-order valence-electron chi connectivity index (χ0n) is 10.3. The lowest BCUT2D eigenvalue weighted by Crippen LogP contribution is -2.33. The molecule has 2 N–H and O–H groups in total. The van der Waals surface area contributed by atoms with Gasteiger partial charge in [-0.3, -0.25) is 4.79 Å². The van der Waals surface area contributed by atoms with Crippen LogP contribution in [0.1, 0.15) is 12.5 Å². The monoisotopic (exact) mass is 298 g/mol. The van der Waals surface area contributed by atoms with Crippen LogP contribution in [0.5, 0.6) is 0 Å². The molecule has 0 radical (unpaired) electrons. The van der Waals surface area contributed by atoms with Crippen LogP contribution in [0.15, 0.2) is 28.7 Å². The number of benzene rings is 1. The third kappa shape index (κ3) is 5.33. The summed E-state index contributed by atoms with van der Waals surface area (Å²) in [5.41, 5.74) is 1.02. The summed E-state index contributed by atoms with van der Waals surface area (Å²) < 4.78 is 0.985. The Morgan fingerprint density at radius 2 is 2.06 bits per heavy atom. The van der Waals surface area contributed by atoms with Gasteiger partial charge in [-0.25, -0.2) is 0 Å². The van der Waals surface area contributed by atoms with Crippen LogP contribution in [-0.4, -0.2) is 26.0 Å². The Morgan fingerprint density at radius 3 is 2.71 bits per heavy atom. The van der Waals surface area contributed by atoms with E-state index in [0.29, 0.717) is 18.9 Å². The van der Waals surface area contributed by atoms with Gasteiger partial charge in [-0.05, 0) is 31.1 Å². The van der Waals surface area contributed by atoms with Gasteiger partial charge in [0.2, 0.25) is 5.91 Å². The summed E-state index contributed by atoms with van der Waals surface area (Å²) in [5.74, 6) is 0.517. The second-order valence-corrected chi connectivity index (χ2v) is 5.09. The number of hydrogen-bond acceptors (Lipinski definition) is 2. The Labute approximate surface area is 111 Å². The van der Waals surface area contributed by atoms with Gasteiger partial charge >= 0.3 is 0 Å². The molecular weight excluding hydrogens is 280 g/mol. The highest BCUT2D eigenvalue weighted by atomic mass is 79.9. The Hall–Kier alpha value is -0.870. The van der Waals surface area contributed by atoms with Crippen LogP contribution in [0.2, 0.25) is 0 Å². The number of rotatable bonds is 6. The Balaban J connectivity index is 2.37. The predicted molar refractivity (Wildman–Crippen MR) is 73.9 cm³/mol. The molecule has 0 heterocycles. The van der Waals surface area contributed by atoms with Crippen molar-refractivity contribution in [1.29, 1.82) is 0 Å². The maximum absolute atomic E-state index is 11.7. The molecule has 0 unspecified atom stereocenters. The van der Waals surface area contributed by atoms with Crippen LogP contribution in [0.3, 0.4) is 0 Å². The standard InChI is InChI=1S/C13H19BrN2O/c1-10(8-15-2)9-16-13(17)7-11-5-3-4-6-12(11)14/h3-6,10,15H,7-9H2,1-2H3,(H,16,17)/t10-/m1/s1. The van der Waals surface area contributed by atoms with E-state index in [2.05, 4.69) is 33.5 Å². The summed E-state index contributed by atoms with van der Waals surface area (Å²) in [6, 6.07) is 7.80. The zero-order chi connectivity index (χ0) is 12.7. The lowest BCUT2D eigenvalue weighted by atomic mass is 10.1.